The molecule has 1 aliphatic heterocycles. The molecule has 2 unspecified atom stereocenters. The Morgan fingerprint density at radius 3 is 2.44 bits per heavy atom. The Balaban J connectivity index is 1.42. The second-order valence-corrected chi connectivity index (χ2v) is 8.27. The smallest absolute Gasteiger partial charge is 0.255 e. The van der Waals surface area contributed by atoms with E-state index in [0.717, 1.165) is 0 Å². The molecule has 1 aromatic heterocycles. The van der Waals surface area contributed by atoms with Crippen LogP contribution in [0.1, 0.15) is 36.0 Å². The fourth-order valence-corrected chi connectivity index (χ4v) is 4.17. The van der Waals surface area contributed by atoms with Crippen molar-refractivity contribution in [3.8, 4) is 5.69 Å². The summed E-state index contributed by atoms with van der Waals surface area (Å²) in [6.45, 7) is 0.318. The van der Waals surface area contributed by atoms with Crippen LogP contribution < -0.4 is 16.6 Å². The van der Waals surface area contributed by atoms with Crippen molar-refractivity contribution in [2.75, 3.05) is 13.7 Å². The van der Waals surface area contributed by atoms with Crippen molar-refractivity contribution in [1.82, 2.24) is 14.8 Å². The number of rotatable bonds is 6. The second-order valence-electron chi connectivity index (χ2n) is 8.27. The van der Waals surface area contributed by atoms with Crippen LogP contribution in [0.5, 0.6) is 0 Å². The molecule has 2 fully saturated rings. The molecule has 4 rings (SSSR count). The lowest BCUT2D eigenvalue weighted by Gasteiger charge is -2.39. The van der Waals surface area contributed by atoms with E-state index in [1.807, 2.05) is 0 Å². The van der Waals surface area contributed by atoms with E-state index in [0.29, 0.717) is 37.1 Å². The number of pyridine rings is 1. The Morgan fingerprint density at radius 1 is 1.12 bits per heavy atom. The van der Waals surface area contributed by atoms with Gasteiger partial charge in [0.15, 0.2) is 0 Å². The van der Waals surface area contributed by atoms with E-state index in [2.05, 4.69) is 5.32 Å². The Hall–Kier alpha value is -3.46. The minimum Gasteiger partial charge on any atom is -0.368 e. The molecule has 0 radical (unpaired) electrons. The van der Waals surface area contributed by atoms with Gasteiger partial charge in [0.05, 0.1) is 0 Å². The molecule has 3 N–H and O–H groups in total. The molecule has 2 heterocycles. The van der Waals surface area contributed by atoms with Crippen LogP contribution in [0.15, 0.2) is 53.5 Å². The number of ether oxygens (including phenoxy) is 1. The molecule has 0 spiro atoms. The Bertz CT molecular complexity index is 1090. The van der Waals surface area contributed by atoms with Crippen molar-refractivity contribution < 1.29 is 19.1 Å². The highest BCUT2D eigenvalue weighted by atomic mass is 16.5. The molecule has 1 saturated heterocycles. The third-order valence-electron chi connectivity index (χ3n) is 6.24. The molecule has 2 aliphatic rings. The average Bonchev–Trinajstić information content (AvgIpc) is 3.60. The lowest BCUT2D eigenvalue weighted by Crippen LogP contribution is -2.59. The molecule has 1 aliphatic carbocycles. The standard InChI is InChI=1S/C23H26N4O5/c1-32-23(10-11-23)22(31)27-13-9-16(14-18(27)20(24)29)25-21(30)15-5-7-17(8-6-15)26-12-3-2-4-19(26)28/h2-8,12,16,18H,9-11,13-14H2,1H3,(H2,24,29)(H,25,30). The molecule has 2 atom stereocenters. The normalized spacial score (nSPS) is 21.6. The number of hydrogen-bond donors (Lipinski definition) is 2. The largest absolute Gasteiger partial charge is 0.368 e. The van der Waals surface area contributed by atoms with Crippen LogP contribution in [0.2, 0.25) is 0 Å². The SMILES string of the molecule is COC1(C(=O)N2CCC(NC(=O)c3ccc(-n4ccccc4=O)cc3)CC2C(N)=O)CC1. The number of hydrogen-bond acceptors (Lipinski definition) is 5. The third-order valence-corrected chi connectivity index (χ3v) is 6.24. The molecule has 3 amide bonds. The van der Waals surface area contributed by atoms with Gasteiger partial charge in [0.25, 0.3) is 17.4 Å². The number of benzene rings is 1. The molecule has 32 heavy (non-hydrogen) atoms. The van der Waals surface area contributed by atoms with Crippen molar-refractivity contribution >= 4 is 17.7 Å². The van der Waals surface area contributed by atoms with Crippen molar-refractivity contribution in [2.24, 2.45) is 5.73 Å². The number of nitrogens with one attached hydrogen (secondary N) is 1. The molecular weight excluding hydrogens is 412 g/mol. The number of likely N-dealkylation sites (tertiary alicyclic amines) is 1. The quantitative estimate of drug-likeness (QED) is 0.683. The number of piperidine rings is 1. The topological polar surface area (TPSA) is 124 Å². The third kappa shape index (κ3) is 4.16. The van der Waals surface area contributed by atoms with Gasteiger partial charge in [-0.25, -0.2) is 0 Å². The van der Waals surface area contributed by atoms with Gasteiger partial charge >= 0.3 is 0 Å². The highest BCUT2D eigenvalue weighted by Gasteiger charge is 2.54. The first kappa shape index (κ1) is 21.8. The Morgan fingerprint density at radius 2 is 1.84 bits per heavy atom. The van der Waals surface area contributed by atoms with Crippen molar-refractivity contribution in [2.45, 2.75) is 43.4 Å². The van der Waals surface area contributed by atoms with E-state index in [1.54, 1.807) is 42.6 Å². The lowest BCUT2D eigenvalue weighted by molar-refractivity contribution is -0.152. The molecule has 1 aromatic carbocycles. The summed E-state index contributed by atoms with van der Waals surface area (Å²) in [4.78, 5) is 51.1. The summed E-state index contributed by atoms with van der Waals surface area (Å²) in [6, 6.07) is 10.5. The highest BCUT2D eigenvalue weighted by Crippen LogP contribution is 2.41. The molecule has 2 aromatic rings. The molecule has 0 bridgehead atoms. The Kier molecular flexibility index (Phi) is 5.84. The molecule has 168 valence electrons. The van der Waals surface area contributed by atoms with Crippen LogP contribution >= 0.6 is 0 Å². The van der Waals surface area contributed by atoms with Crippen LogP contribution in [0, 0.1) is 0 Å². The zero-order valence-electron chi connectivity index (χ0n) is 17.8. The predicted molar refractivity (Wildman–Crippen MR) is 116 cm³/mol. The number of aromatic nitrogens is 1. The van der Waals surface area contributed by atoms with Gasteiger partial charge in [-0.1, -0.05) is 6.07 Å². The summed E-state index contributed by atoms with van der Waals surface area (Å²) < 4.78 is 6.84. The zero-order chi connectivity index (χ0) is 22.9. The van der Waals surface area contributed by atoms with Crippen LogP contribution in [-0.4, -0.2) is 58.5 Å². The maximum Gasteiger partial charge on any atom is 0.255 e. The van der Waals surface area contributed by atoms with E-state index in [4.69, 9.17) is 10.5 Å². The van der Waals surface area contributed by atoms with Gasteiger partial charge < -0.3 is 20.7 Å². The van der Waals surface area contributed by atoms with Crippen LogP contribution in [0.4, 0.5) is 0 Å². The summed E-state index contributed by atoms with van der Waals surface area (Å²) >= 11 is 0. The molecule has 9 nitrogen and oxygen atoms in total. The number of methoxy groups -OCH3 is 1. The van der Waals surface area contributed by atoms with Gasteiger partial charge in [-0.3, -0.25) is 23.7 Å². The number of carbonyl (C=O) groups is 3. The monoisotopic (exact) mass is 438 g/mol. The van der Waals surface area contributed by atoms with E-state index < -0.39 is 17.6 Å². The van der Waals surface area contributed by atoms with Gasteiger partial charge in [-0.15, -0.1) is 0 Å². The van der Waals surface area contributed by atoms with Crippen LogP contribution in [0.25, 0.3) is 5.69 Å². The van der Waals surface area contributed by atoms with E-state index in [-0.39, 0.29) is 29.8 Å². The maximum atomic E-state index is 12.8. The van der Waals surface area contributed by atoms with E-state index >= 15 is 0 Å². The van der Waals surface area contributed by atoms with Gasteiger partial charge in [-0.2, -0.15) is 0 Å². The highest BCUT2D eigenvalue weighted by molar-refractivity contribution is 5.95. The summed E-state index contributed by atoms with van der Waals surface area (Å²) in [6.07, 6.45) is 3.69. The van der Waals surface area contributed by atoms with Crippen molar-refractivity contribution in [3.05, 3.63) is 64.6 Å². The number of amides is 3. The molecular formula is C23H26N4O5. The fourth-order valence-electron chi connectivity index (χ4n) is 4.17. The van der Waals surface area contributed by atoms with Gasteiger partial charge in [-0.05, 0) is 56.0 Å². The van der Waals surface area contributed by atoms with Gasteiger partial charge in [0.1, 0.15) is 11.6 Å². The fraction of sp³-hybridized carbons (Fsp3) is 0.391. The minimum atomic E-state index is -0.827. The van der Waals surface area contributed by atoms with E-state index in [1.165, 1.54) is 22.6 Å². The average molecular weight is 438 g/mol. The van der Waals surface area contributed by atoms with Crippen LogP contribution in [-0.2, 0) is 14.3 Å². The van der Waals surface area contributed by atoms with Gasteiger partial charge in [0, 0.05) is 43.2 Å². The van der Waals surface area contributed by atoms with Gasteiger partial charge in [0.2, 0.25) is 5.91 Å². The Labute approximate surface area is 185 Å². The predicted octanol–water partition coefficient (Wildman–Crippen LogP) is 0.591. The summed E-state index contributed by atoms with van der Waals surface area (Å²) in [5.74, 6) is -1.09. The molecule has 1 saturated carbocycles. The summed E-state index contributed by atoms with van der Waals surface area (Å²) in [5, 5.41) is 2.93. The van der Waals surface area contributed by atoms with Crippen molar-refractivity contribution in [3.63, 3.8) is 0 Å². The zero-order valence-corrected chi connectivity index (χ0v) is 17.8. The first-order valence-electron chi connectivity index (χ1n) is 10.6. The number of nitrogens with two attached hydrogens (primary N) is 1. The molecule has 9 heteroatoms. The number of carbonyl (C=O) groups excluding carboxylic acids is 3. The van der Waals surface area contributed by atoms with E-state index in [9.17, 15) is 19.2 Å². The lowest BCUT2D eigenvalue weighted by atomic mass is 9.95. The first-order chi connectivity index (χ1) is 15.3. The summed E-state index contributed by atoms with van der Waals surface area (Å²) in [7, 11) is 1.50. The minimum absolute atomic E-state index is 0.162. The summed E-state index contributed by atoms with van der Waals surface area (Å²) in [5.41, 5.74) is 5.67. The first-order valence-corrected chi connectivity index (χ1v) is 10.6. The van der Waals surface area contributed by atoms with Crippen LogP contribution in [0.3, 0.4) is 0 Å². The number of primary amides is 1. The maximum absolute atomic E-state index is 12.8. The number of nitrogens with zero attached hydrogens (tertiary/aromatic N) is 2. The van der Waals surface area contributed by atoms with Crippen molar-refractivity contribution in [1.29, 1.82) is 0 Å². The second kappa shape index (κ2) is 8.58.